The zero-order valence-corrected chi connectivity index (χ0v) is 9.19. The number of H-pyrrole nitrogens is 1. The Labute approximate surface area is 97.2 Å². The molecule has 0 spiro atoms. The van der Waals surface area contributed by atoms with E-state index in [-0.39, 0.29) is 5.91 Å². The minimum Gasteiger partial charge on any atom is -0.354 e. The summed E-state index contributed by atoms with van der Waals surface area (Å²) in [4.78, 5) is 14.9. The summed E-state index contributed by atoms with van der Waals surface area (Å²) in [6, 6.07) is 5.80. The van der Waals surface area contributed by atoms with Crippen LogP contribution >= 0.6 is 0 Å². The van der Waals surface area contributed by atoms with E-state index in [2.05, 4.69) is 20.5 Å². The maximum Gasteiger partial charge on any atom is 0.268 e. The van der Waals surface area contributed by atoms with Gasteiger partial charge < -0.3 is 10.3 Å². The molecule has 1 aromatic carbocycles. The molecule has 5 heteroatoms. The lowest BCUT2D eigenvalue weighted by Gasteiger charge is -1.97. The van der Waals surface area contributed by atoms with Crippen LogP contribution in [0.5, 0.6) is 0 Å². The fourth-order valence-electron chi connectivity index (χ4n) is 2.03. The normalized spacial score (nSPS) is 12.8. The van der Waals surface area contributed by atoms with Crippen molar-refractivity contribution in [3.05, 3.63) is 35.0 Å². The van der Waals surface area contributed by atoms with Crippen LogP contribution in [-0.4, -0.2) is 30.4 Å². The standard InChI is InChI=1S/C12H10N4O/c1-13-12(17)11-8-6-15-14-5-7-3-2-4-9(16-11)10(7)8/h2-6,16H,1H3,(H,13,17). The largest absolute Gasteiger partial charge is 0.354 e. The predicted molar refractivity (Wildman–Crippen MR) is 66.9 cm³/mol. The van der Waals surface area contributed by atoms with E-state index in [1.54, 1.807) is 19.5 Å². The number of hydrogen-bond donors (Lipinski definition) is 2. The molecule has 0 saturated heterocycles. The molecule has 2 heterocycles. The van der Waals surface area contributed by atoms with Gasteiger partial charge in [-0.2, -0.15) is 10.2 Å². The molecule has 1 aliphatic heterocycles. The summed E-state index contributed by atoms with van der Waals surface area (Å²) in [7, 11) is 1.60. The zero-order valence-electron chi connectivity index (χ0n) is 9.19. The molecule has 0 bridgehead atoms. The summed E-state index contributed by atoms with van der Waals surface area (Å²) in [6.07, 6.45) is 3.30. The summed E-state index contributed by atoms with van der Waals surface area (Å²) < 4.78 is 0. The molecule has 2 aromatic rings. The third-order valence-electron chi connectivity index (χ3n) is 2.80. The van der Waals surface area contributed by atoms with Crippen LogP contribution in [0.4, 0.5) is 0 Å². The van der Waals surface area contributed by atoms with Crippen LogP contribution in [0.15, 0.2) is 28.4 Å². The molecule has 5 nitrogen and oxygen atoms in total. The van der Waals surface area contributed by atoms with Gasteiger partial charge in [-0.25, -0.2) is 0 Å². The minimum absolute atomic E-state index is 0.157. The number of nitrogens with zero attached hydrogens (tertiary/aromatic N) is 2. The van der Waals surface area contributed by atoms with Crippen molar-refractivity contribution in [1.82, 2.24) is 10.3 Å². The quantitative estimate of drug-likeness (QED) is 0.755. The van der Waals surface area contributed by atoms with Crippen molar-refractivity contribution in [2.24, 2.45) is 10.2 Å². The highest BCUT2D eigenvalue weighted by molar-refractivity contribution is 6.15. The molecule has 1 amide bonds. The molecule has 3 rings (SSSR count). The number of rotatable bonds is 1. The van der Waals surface area contributed by atoms with Gasteiger partial charge >= 0.3 is 0 Å². The minimum atomic E-state index is -0.157. The first kappa shape index (κ1) is 9.77. The van der Waals surface area contributed by atoms with Gasteiger partial charge in [0.15, 0.2) is 0 Å². The van der Waals surface area contributed by atoms with E-state index in [0.717, 1.165) is 22.0 Å². The molecule has 84 valence electrons. The van der Waals surface area contributed by atoms with E-state index in [1.807, 2.05) is 18.2 Å². The maximum absolute atomic E-state index is 11.8. The molecule has 0 unspecified atom stereocenters. The van der Waals surface area contributed by atoms with Crippen LogP contribution in [0.2, 0.25) is 0 Å². The van der Waals surface area contributed by atoms with Crippen molar-refractivity contribution in [3.8, 4) is 0 Å². The first-order valence-corrected chi connectivity index (χ1v) is 5.24. The molecule has 0 aliphatic carbocycles. The molecule has 0 fully saturated rings. The Kier molecular flexibility index (Phi) is 2.04. The zero-order chi connectivity index (χ0) is 11.8. The summed E-state index contributed by atoms with van der Waals surface area (Å²) in [5.41, 5.74) is 3.17. The third-order valence-corrected chi connectivity index (χ3v) is 2.80. The first-order chi connectivity index (χ1) is 8.31. The van der Waals surface area contributed by atoms with Gasteiger partial charge in [0.2, 0.25) is 0 Å². The highest BCUT2D eigenvalue weighted by Gasteiger charge is 2.18. The van der Waals surface area contributed by atoms with E-state index >= 15 is 0 Å². The maximum atomic E-state index is 11.8. The number of aromatic nitrogens is 1. The van der Waals surface area contributed by atoms with Crippen LogP contribution in [0, 0.1) is 0 Å². The van der Waals surface area contributed by atoms with Crippen molar-refractivity contribution >= 4 is 29.2 Å². The number of aromatic amines is 1. The Hall–Kier alpha value is -2.43. The van der Waals surface area contributed by atoms with E-state index in [0.29, 0.717) is 5.69 Å². The van der Waals surface area contributed by atoms with Gasteiger partial charge in [-0.15, -0.1) is 0 Å². The van der Waals surface area contributed by atoms with Crippen LogP contribution in [0.1, 0.15) is 21.6 Å². The van der Waals surface area contributed by atoms with Crippen molar-refractivity contribution in [1.29, 1.82) is 0 Å². The molecular formula is C12H10N4O. The fraction of sp³-hybridized carbons (Fsp3) is 0.0833. The van der Waals surface area contributed by atoms with Crippen molar-refractivity contribution in [3.63, 3.8) is 0 Å². The van der Waals surface area contributed by atoms with Crippen molar-refractivity contribution in [2.45, 2.75) is 0 Å². The second-order valence-corrected chi connectivity index (χ2v) is 3.75. The Morgan fingerprint density at radius 2 is 2.12 bits per heavy atom. The number of amides is 1. The lowest BCUT2D eigenvalue weighted by Crippen LogP contribution is -2.19. The molecule has 0 saturated carbocycles. The van der Waals surface area contributed by atoms with Crippen LogP contribution in [0.25, 0.3) is 10.9 Å². The van der Waals surface area contributed by atoms with Crippen molar-refractivity contribution in [2.75, 3.05) is 7.05 Å². The molecule has 1 aliphatic rings. The topological polar surface area (TPSA) is 69.6 Å². The van der Waals surface area contributed by atoms with Gasteiger partial charge in [-0.1, -0.05) is 12.1 Å². The number of hydrogen-bond acceptors (Lipinski definition) is 3. The van der Waals surface area contributed by atoms with Gasteiger partial charge in [-0.05, 0) is 6.07 Å². The van der Waals surface area contributed by atoms with Crippen LogP contribution in [-0.2, 0) is 0 Å². The lowest BCUT2D eigenvalue weighted by molar-refractivity contribution is 0.0959. The van der Waals surface area contributed by atoms with E-state index < -0.39 is 0 Å². The number of benzene rings is 1. The number of nitrogens with one attached hydrogen (secondary N) is 2. The van der Waals surface area contributed by atoms with E-state index in [4.69, 9.17) is 0 Å². The van der Waals surface area contributed by atoms with Gasteiger partial charge in [0, 0.05) is 29.1 Å². The summed E-state index contributed by atoms with van der Waals surface area (Å²) >= 11 is 0. The fourth-order valence-corrected chi connectivity index (χ4v) is 2.03. The Bertz CT molecular complexity index is 666. The monoisotopic (exact) mass is 226 g/mol. The molecule has 2 N–H and O–H groups in total. The smallest absolute Gasteiger partial charge is 0.268 e. The first-order valence-electron chi connectivity index (χ1n) is 5.24. The SMILES string of the molecule is CNC(=O)c1[nH]c2cccc3c2c1C=NN=C3. The Balaban J connectivity index is 2.41. The molecule has 17 heavy (non-hydrogen) atoms. The molecule has 0 radical (unpaired) electrons. The van der Waals surface area contributed by atoms with Gasteiger partial charge in [0.05, 0.1) is 12.4 Å². The van der Waals surface area contributed by atoms with Gasteiger partial charge in [-0.3, -0.25) is 4.79 Å². The van der Waals surface area contributed by atoms with Crippen molar-refractivity contribution < 1.29 is 4.79 Å². The predicted octanol–water partition coefficient (Wildman–Crippen LogP) is 1.29. The Morgan fingerprint density at radius 1 is 1.29 bits per heavy atom. The second kappa shape index (κ2) is 3.55. The summed E-state index contributed by atoms with van der Waals surface area (Å²) in [5, 5.41) is 11.4. The highest BCUT2D eigenvalue weighted by Crippen LogP contribution is 2.25. The lowest BCUT2D eigenvalue weighted by atomic mass is 10.1. The average molecular weight is 226 g/mol. The summed E-state index contributed by atoms with van der Waals surface area (Å²) in [5.74, 6) is -0.157. The molecular weight excluding hydrogens is 216 g/mol. The summed E-state index contributed by atoms with van der Waals surface area (Å²) in [6.45, 7) is 0. The second-order valence-electron chi connectivity index (χ2n) is 3.75. The number of carbonyl (C=O) groups is 1. The third kappa shape index (κ3) is 1.36. The molecule has 1 aromatic heterocycles. The van der Waals surface area contributed by atoms with Gasteiger partial charge in [0.25, 0.3) is 5.91 Å². The van der Waals surface area contributed by atoms with E-state index in [1.165, 1.54) is 0 Å². The van der Waals surface area contributed by atoms with Gasteiger partial charge in [0.1, 0.15) is 5.69 Å². The van der Waals surface area contributed by atoms with E-state index in [9.17, 15) is 4.79 Å². The average Bonchev–Trinajstić information content (AvgIpc) is 2.58. The van der Waals surface area contributed by atoms with Crippen LogP contribution in [0.3, 0.4) is 0 Å². The molecule has 0 atom stereocenters. The number of carbonyl (C=O) groups excluding carboxylic acids is 1. The van der Waals surface area contributed by atoms with Crippen LogP contribution < -0.4 is 5.32 Å². The Morgan fingerprint density at radius 3 is 2.94 bits per heavy atom. The highest BCUT2D eigenvalue weighted by atomic mass is 16.1.